The van der Waals surface area contributed by atoms with Gasteiger partial charge in [-0.3, -0.25) is 4.68 Å². The van der Waals surface area contributed by atoms with Gasteiger partial charge in [-0.1, -0.05) is 33.6 Å². The van der Waals surface area contributed by atoms with Crippen LogP contribution >= 0.6 is 27.5 Å². The van der Waals surface area contributed by atoms with Crippen LogP contribution in [0.2, 0.25) is 5.02 Å². The van der Waals surface area contributed by atoms with Gasteiger partial charge < -0.3 is 9.84 Å². The fourth-order valence-corrected chi connectivity index (χ4v) is 2.67. The Morgan fingerprint density at radius 3 is 2.83 bits per heavy atom. The van der Waals surface area contributed by atoms with Crippen molar-refractivity contribution in [2.75, 3.05) is 7.11 Å². The summed E-state index contributed by atoms with van der Waals surface area (Å²) in [5, 5.41) is 15.1. The third-order valence-electron chi connectivity index (χ3n) is 2.69. The predicted molar refractivity (Wildman–Crippen MR) is 73.0 cm³/mol. The minimum absolute atomic E-state index is 0.548. The van der Waals surface area contributed by atoms with Crippen LogP contribution in [-0.2, 0) is 7.05 Å². The van der Waals surface area contributed by atoms with Crippen LogP contribution in [0.1, 0.15) is 17.4 Å². The molecule has 2 rings (SSSR count). The summed E-state index contributed by atoms with van der Waals surface area (Å²) in [6.07, 6.45) is 0.738. The van der Waals surface area contributed by atoms with Crippen molar-refractivity contribution in [1.82, 2.24) is 9.78 Å². The molecule has 1 aromatic heterocycles. The summed E-state index contributed by atoms with van der Waals surface area (Å²) in [4.78, 5) is 0. The minimum atomic E-state index is -0.834. The average molecular weight is 332 g/mol. The van der Waals surface area contributed by atoms with E-state index >= 15 is 0 Å². The van der Waals surface area contributed by atoms with E-state index in [4.69, 9.17) is 16.3 Å². The fourth-order valence-electron chi connectivity index (χ4n) is 1.77. The van der Waals surface area contributed by atoms with Crippen LogP contribution in [0, 0.1) is 0 Å². The average Bonchev–Trinajstić information content (AvgIpc) is 2.69. The van der Waals surface area contributed by atoms with Crippen molar-refractivity contribution in [3.63, 3.8) is 0 Å². The molecule has 0 bridgehead atoms. The van der Waals surface area contributed by atoms with Crippen LogP contribution in [0.3, 0.4) is 0 Å². The maximum atomic E-state index is 10.4. The first-order chi connectivity index (χ1) is 8.54. The van der Waals surface area contributed by atoms with Crippen LogP contribution in [0.5, 0.6) is 5.75 Å². The highest BCUT2D eigenvalue weighted by Crippen LogP contribution is 2.34. The molecule has 0 radical (unpaired) electrons. The molecule has 0 aliphatic heterocycles. The molecule has 0 saturated heterocycles. The number of methoxy groups -OCH3 is 1. The largest absolute Gasteiger partial charge is 0.493 e. The van der Waals surface area contributed by atoms with Gasteiger partial charge in [-0.25, -0.2) is 0 Å². The summed E-state index contributed by atoms with van der Waals surface area (Å²) in [5.41, 5.74) is 1.31. The Balaban J connectivity index is 2.47. The molecule has 1 aromatic carbocycles. The van der Waals surface area contributed by atoms with Crippen molar-refractivity contribution in [2.24, 2.45) is 7.05 Å². The molecule has 0 amide bonds. The van der Waals surface area contributed by atoms with Crippen molar-refractivity contribution in [2.45, 2.75) is 6.10 Å². The topological polar surface area (TPSA) is 47.3 Å². The molecular formula is C12H12BrClN2O2. The second kappa shape index (κ2) is 5.30. The van der Waals surface area contributed by atoms with Crippen LogP contribution in [-0.4, -0.2) is 22.0 Å². The molecule has 4 nitrogen and oxygen atoms in total. The first-order valence-electron chi connectivity index (χ1n) is 5.23. The maximum absolute atomic E-state index is 10.4. The lowest BCUT2D eigenvalue weighted by Gasteiger charge is -2.15. The van der Waals surface area contributed by atoms with E-state index in [9.17, 15) is 5.11 Å². The number of aliphatic hydroxyl groups excluding tert-OH is 1. The lowest BCUT2D eigenvalue weighted by molar-refractivity contribution is 0.203. The van der Waals surface area contributed by atoms with Crippen molar-refractivity contribution < 1.29 is 9.84 Å². The molecular weight excluding hydrogens is 320 g/mol. The Labute approximate surface area is 118 Å². The number of hydrogen-bond donors (Lipinski definition) is 1. The van der Waals surface area contributed by atoms with E-state index in [1.165, 1.54) is 0 Å². The van der Waals surface area contributed by atoms with E-state index in [1.807, 2.05) is 0 Å². The first kappa shape index (κ1) is 13.4. The third-order valence-corrected chi connectivity index (χ3v) is 3.61. The van der Waals surface area contributed by atoms with Gasteiger partial charge in [0.25, 0.3) is 0 Å². The van der Waals surface area contributed by atoms with Gasteiger partial charge in [0.1, 0.15) is 11.8 Å². The van der Waals surface area contributed by atoms with Crippen molar-refractivity contribution >= 4 is 27.5 Å². The summed E-state index contributed by atoms with van der Waals surface area (Å²) < 4.78 is 7.52. The molecule has 0 aliphatic rings. The van der Waals surface area contributed by atoms with Crippen LogP contribution in [0.4, 0.5) is 0 Å². The van der Waals surface area contributed by atoms with E-state index in [2.05, 4.69) is 21.0 Å². The van der Waals surface area contributed by atoms with E-state index in [0.29, 0.717) is 22.0 Å². The Morgan fingerprint density at radius 1 is 1.50 bits per heavy atom. The molecule has 1 unspecified atom stereocenters. The number of aliphatic hydroxyl groups is 1. The second-order valence-electron chi connectivity index (χ2n) is 3.79. The Bertz CT molecular complexity index is 571. The van der Waals surface area contributed by atoms with E-state index < -0.39 is 6.10 Å². The summed E-state index contributed by atoms with van der Waals surface area (Å²) in [6.45, 7) is 0. The van der Waals surface area contributed by atoms with Crippen LogP contribution < -0.4 is 4.74 Å². The fraction of sp³-hybridized carbons (Fsp3) is 0.250. The standard InChI is InChI=1S/C12H12BrClN2O2/c1-16-11(10(18-2)6-15-16)12(17)8-4-3-7(14)5-9(8)13/h3-6,12,17H,1-2H3. The van der Waals surface area contributed by atoms with Crippen molar-refractivity contribution in [3.05, 3.63) is 45.1 Å². The Morgan fingerprint density at radius 2 is 2.22 bits per heavy atom. The number of ether oxygens (including phenoxy) is 1. The molecule has 1 heterocycles. The van der Waals surface area contributed by atoms with Gasteiger partial charge in [0.05, 0.1) is 13.3 Å². The van der Waals surface area contributed by atoms with Gasteiger partial charge in [-0.15, -0.1) is 0 Å². The third kappa shape index (κ3) is 2.39. The number of benzene rings is 1. The first-order valence-corrected chi connectivity index (χ1v) is 6.40. The molecule has 0 aliphatic carbocycles. The van der Waals surface area contributed by atoms with Crippen molar-refractivity contribution in [1.29, 1.82) is 0 Å². The number of rotatable bonds is 3. The van der Waals surface area contributed by atoms with Gasteiger partial charge in [0.15, 0.2) is 5.75 Å². The van der Waals surface area contributed by atoms with Gasteiger partial charge in [0, 0.05) is 22.1 Å². The highest BCUT2D eigenvalue weighted by Gasteiger charge is 2.22. The number of hydrogen-bond acceptors (Lipinski definition) is 3. The molecule has 0 fully saturated rings. The molecule has 96 valence electrons. The van der Waals surface area contributed by atoms with Gasteiger partial charge in [-0.2, -0.15) is 5.10 Å². The highest BCUT2D eigenvalue weighted by molar-refractivity contribution is 9.10. The number of nitrogens with zero attached hydrogens (tertiary/aromatic N) is 2. The lowest BCUT2D eigenvalue weighted by Crippen LogP contribution is -2.08. The van der Waals surface area contributed by atoms with Crippen molar-refractivity contribution in [3.8, 4) is 5.75 Å². The quantitative estimate of drug-likeness (QED) is 0.940. The number of aromatic nitrogens is 2. The van der Waals surface area contributed by atoms with Gasteiger partial charge in [0.2, 0.25) is 0 Å². The highest BCUT2D eigenvalue weighted by atomic mass is 79.9. The molecule has 6 heteroatoms. The summed E-state index contributed by atoms with van der Waals surface area (Å²) in [6, 6.07) is 5.24. The van der Waals surface area contributed by atoms with Crippen LogP contribution in [0.15, 0.2) is 28.9 Å². The number of aryl methyl sites for hydroxylation is 1. The molecule has 1 atom stereocenters. The number of halogens is 2. The monoisotopic (exact) mass is 330 g/mol. The zero-order valence-electron chi connectivity index (χ0n) is 9.89. The van der Waals surface area contributed by atoms with Crippen LogP contribution in [0.25, 0.3) is 0 Å². The second-order valence-corrected chi connectivity index (χ2v) is 5.08. The van der Waals surface area contributed by atoms with Gasteiger partial charge >= 0.3 is 0 Å². The molecule has 0 spiro atoms. The smallest absolute Gasteiger partial charge is 0.162 e. The maximum Gasteiger partial charge on any atom is 0.162 e. The SMILES string of the molecule is COc1cnn(C)c1C(O)c1ccc(Cl)cc1Br. The summed E-state index contributed by atoms with van der Waals surface area (Å²) >= 11 is 9.27. The lowest BCUT2D eigenvalue weighted by atomic mass is 10.1. The normalized spacial score (nSPS) is 12.5. The molecule has 1 N–H and O–H groups in total. The Hall–Kier alpha value is -1.04. The van der Waals surface area contributed by atoms with E-state index in [1.54, 1.807) is 43.2 Å². The van der Waals surface area contributed by atoms with Gasteiger partial charge in [-0.05, 0) is 12.1 Å². The zero-order valence-corrected chi connectivity index (χ0v) is 12.2. The Kier molecular flexibility index (Phi) is 3.94. The molecule has 2 aromatic rings. The molecule has 0 saturated carbocycles. The molecule has 18 heavy (non-hydrogen) atoms. The zero-order chi connectivity index (χ0) is 13.3. The van der Waals surface area contributed by atoms with E-state index in [0.717, 1.165) is 4.47 Å². The predicted octanol–water partition coefficient (Wildman–Crippen LogP) is 2.93. The summed E-state index contributed by atoms with van der Waals surface area (Å²) in [7, 11) is 3.30. The minimum Gasteiger partial charge on any atom is -0.493 e. The summed E-state index contributed by atoms with van der Waals surface area (Å²) in [5.74, 6) is 0.548. The van der Waals surface area contributed by atoms with E-state index in [-0.39, 0.29) is 0 Å².